The number of ether oxygens (including phenoxy) is 2. The SMILES string of the molecule is O=S1(=O)CCN2C=NC=C(c3ccc(OC4CCOCC4)cc3)C2=N1. The Kier molecular flexibility index (Phi) is 4.30. The molecule has 0 atom stereocenters. The van der Waals surface area contributed by atoms with Crippen LogP contribution in [-0.2, 0) is 14.8 Å². The van der Waals surface area contributed by atoms with E-state index in [0.717, 1.165) is 37.4 Å². The first-order valence-corrected chi connectivity index (χ1v) is 9.90. The lowest BCUT2D eigenvalue weighted by Crippen LogP contribution is -2.40. The van der Waals surface area contributed by atoms with Gasteiger partial charge in [-0.25, -0.2) is 13.4 Å². The first-order chi connectivity index (χ1) is 12.1. The highest BCUT2D eigenvalue weighted by Gasteiger charge is 2.28. The quantitative estimate of drug-likeness (QED) is 0.818. The van der Waals surface area contributed by atoms with Gasteiger partial charge in [-0.3, -0.25) is 0 Å². The second-order valence-electron chi connectivity index (χ2n) is 6.16. The molecule has 0 N–H and O–H groups in total. The van der Waals surface area contributed by atoms with Gasteiger partial charge < -0.3 is 14.4 Å². The van der Waals surface area contributed by atoms with E-state index in [1.54, 1.807) is 17.4 Å². The molecule has 0 unspecified atom stereocenters. The number of amidine groups is 1. The fraction of sp³-hybridized carbons (Fsp3) is 0.412. The number of benzene rings is 1. The first kappa shape index (κ1) is 16.3. The van der Waals surface area contributed by atoms with E-state index in [-0.39, 0.29) is 11.9 Å². The average Bonchev–Trinajstić information content (AvgIpc) is 2.62. The van der Waals surface area contributed by atoms with Crippen LogP contribution in [0.1, 0.15) is 18.4 Å². The van der Waals surface area contributed by atoms with E-state index < -0.39 is 10.0 Å². The summed E-state index contributed by atoms with van der Waals surface area (Å²) in [5.74, 6) is 1.23. The van der Waals surface area contributed by atoms with Crippen molar-refractivity contribution in [1.29, 1.82) is 0 Å². The molecule has 132 valence electrons. The van der Waals surface area contributed by atoms with E-state index in [2.05, 4.69) is 9.39 Å². The Labute approximate surface area is 146 Å². The second kappa shape index (κ2) is 6.61. The van der Waals surface area contributed by atoms with Crippen LogP contribution < -0.4 is 4.74 Å². The Morgan fingerprint density at radius 1 is 1.16 bits per heavy atom. The van der Waals surface area contributed by atoms with E-state index in [0.29, 0.717) is 18.0 Å². The summed E-state index contributed by atoms with van der Waals surface area (Å²) in [7, 11) is -3.41. The zero-order valence-electron chi connectivity index (χ0n) is 13.7. The van der Waals surface area contributed by atoms with Gasteiger partial charge in [-0.2, -0.15) is 0 Å². The molecule has 4 rings (SSSR count). The van der Waals surface area contributed by atoms with Crippen LogP contribution in [0.5, 0.6) is 5.75 Å². The Morgan fingerprint density at radius 2 is 1.92 bits per heavy atom. The molecule has 0 radical (unpaired) electrons. The van der Waals surface area contributed by atoms with Gasteiger partial charge in [0.05, 0.1) is 25.3 Å². The molecule has 0 aliphatic carbocycles. The summed E-state index contributed by atoms with van der Waals surface area (Å²) < 4.78 is 38.9. The molecule has 1 fully saturated rings. The summed E-state index contributed by atoms with van der Waals surface area (Å²) in [6.07, 6.45) is 5.22. The van der Waals surface area contributed by atoms with E-state index in [1.807, 2.05) is 24.3 Å². The molecule has 0 bridgehead atoms. The van der Waals surface area contributed by atoms with Gasteiger partial charge in [0.1, 0.15) is 11.9 Å². The van der Waals surface area contributed by atoms with Crippen molar-refractivity contribution in [3.8, 4) is 5.75 Å². The molecule has 7 nitrogen and oxygen atoms in total. The smallest absolute Gasteiger partial charge is 0.256 e. The van der Waals surface area contributed by atoms with Gasteiger partial charge in [-0.1, -0.05) is 12.1 Å². The fourth-order valence-corrected chi connectivity index (χ4v) is 4.00. The van der Waals surface area contributed by atoms with Crippen LogP contribution in [0.4, 0.5) is 0 Å². The molecule has 25 heavy (non-hydrogen) atoms. The monoisotopic (exact) mass is 361 g/mol. The van der Waals surface area contributed by atoms with Crippen LogP contribution in [0.15, 0.2) is 39.9 Å². The van der Waals surface area contributed by atoms with Crippen LogP contribution in [0.2, 0.25) is 0 Å². The molecule has 1 saturated heterocycles. The normalized spacial score (nSPS) is 22.8. The van der Waals surface area contributed by atoms with Crippen LogP contribution in [0, 0.1) is 0 Å². The van der Waals surface area contributed by atoms with Crippen molar-refractivity contribution in [2.45, 2.75) is 18.9 Å². The molecule has 3 aliphatic heterocycles. The van der Waals surface area contributed by atoms with E-state index in [1.165, 1.54) is 0 Å². The molecular weight excluding hydrogens is 342 g/mol. The Balaban J connectivity index is 1.56. The van der Waals surface area contributed by atoms with E-state index in [4.69, 9.17) is 9.47 Å². The standard InChI is InChI=1S/C17H19N3O4S/c21-25(22)10-7-20-12-18-11-16(17(20)19-25)13-1-3-14(4-2-13)24-15-5-8-23-9-6-15/h1-4,11-12,15H,5-10H2. The van der Waals surface area contributed by atoms with Crippen molar-refractivity contribution >= 4 is 27.8 Å². The van der Waals surface area contributed by atoms with Gasteiger partial charge in [-0.15, -0.1) is 4.40 Å². The lowest BCUT2D eigenvalue weighted by Gasteiger charge is -2.28. The number of fused-ring (bicyclic) bond motifs is 1. The maximum absolute atomic E-state index is 11.8. The maximum atomic E-state index is 11.8. The zero-order valence-corrected chi connectivity index (χ0v) is 14.5. The minimum Gasteiger partial charge on any atom is -0.490 e. The van der Waals surface area contributed by atoms with Crippen LogP contribution in [0.3, 0.4) is 0 Å². The molecule has 1 aromatic rings. The molecule has 0 amide bonds. The summed E-state index contributed by atoms with van der Waals surface area (Å²) in [4.78, 5) is 5.97. The molecule has 8 heteroatoms. The number of sulfonamides is 1. The number of hydrogen-bond donors (Lipinski definition) is 0. The molecule has 1 aromatic carbocycles. The number of nitrogens with zero attached hydrogens (tertiary/aromatic N) is 3. The van der Waals surface area contributed by atoms with Gasteiger partial charge in [-0.05, 0) is 17.7 Å². The van der Waals surface area contributed by atoms with Gasteiger partial charge in [0, 0.05) is 31.2 Å². The Morgan fingerprint density at radius 3 is 2.68 bits per heavy atom. The van der Waals surface area contributed by atoms with Gasteiger partial charge in [0.15, 0.2) is 5.84 Å². The molecule has 3 aliphatic rings. The van der Waals surface area contributed by atoms with Crippen molar-refractivity contribution in [2.24, 2.45) is 9.39 Å². The highest BCUT2D eigenvalue weighted by molar-refractivity contribution is 7.90. The second-order valence-corrected chi connectivity index (χ2v) is 7.91. The van der Waals surface area contributed by atoms with Gasteiger partial charge >= 0.3 is 0 Å². The van der Waals surface area contributed by atoms with E-state index in [9.17, 15) is 8.42 Å². The summed E-state index contributed by atoms with van der Waals surface area (Å²) in [6.45, 7) is 1.84. The summed E-state index contributed by atoms with van der Waals surface area (Å²) in [5.41, 5.74) is 1.56. The molecule has 0 spiro atoms. The van der Waals surface area contributed by atoms with Crippen molar-refractivity contribution in [3.63, 3.8) is 0 Å². The van der Waals surface area contributed by atoms with Gasteiger partial charge in [0.2, 0.25) is 0 Å². The third-order valence-electron chi connectivity index (χ3n) is 4.37. The third kappa shape index (κ3) is 3.59. The first-order valence-electron chi connectivity index (χ1n) is 8.29. The lowest BCUT2D eigenvalue weighted by molar-refractivity contribution is 0.0256. The molecule has 3 heterocycles. The number of rotatable bonds is 3. The Hall–Kier alpha value is -2.19. The minimum atomic E-state index is -3.41. The highest BCUT2D eigenvalue weighted by atomic mass is 32.2. The van der Waals surface area contributed by atoms with Crippen molar-refractivity contribution in [1.82, 2.24) is 4.90 Å². The van der Waals surface area contributed by atoms with Crippen molar-refractivity contribution in [3.05, 3.63) is 36.0 Å². The largest absolute Gasteiger partial charge is 0.490 e. The predicted molar refractivity (Wildman–Crippen MR) is 95.3 cm³/mol. The predicted octanol–water partition coefficient (Wildman–Crippen LogP) is 1.67. The third-order valence-corrected chi connectivity index (χ3v) is 5.52. The summed E-state index contributed by atoms with van der Waals surface area (Å²) in [6, 6.07) is 7.60. The number of hydrogen-bond acceptors (Lipinski definition) is 6. The van der Waals surface area contributed by atoms with Gasteiger partial charge in [0.25, 0.3) is 10.0 Å². The van der Waals surface area contributed by atoms with Crippen LogP contribution in [0.25, 0.3) is 5.57 Å². The number of aliphatic imine (C=N–C) groups is 1. The van der Waals surface area contributed by atoms with Crippen LogP contribution in [-0.4, -0.2) is 57.1 Å². The topological polar surface area (TPSA) is 80.6 Å². The summed E-state index contributed by atoms with van der Waals surface area (Å²) >= 11 is 0. The highest BCUT2D eigenvalue weighted by Crippen LogP contribution is 2.26. The fourth-order valence-electron chi connectivity index (χ4n) is 3.01. The molecular formula is C17H19N3O4S. The summed E-state index contributed by atoms with van der Waals surface area (Å²) in [5, 5.41) is 0. The lowest BCUT2D eigenvalue weighted by atomic mass is 10.0. The van der Waals surface area contributed by atoms with E-state index >= 15 is 0 Å². The average molecular weight is 361 g/mol. The zero-order chi connectivity index (χ0) is 17.3. The molecule has 0 aromatic heterocycles. The Bertz CT molecular complexity index is 837. The van der Waals surface area contributed by atoms with Crippen molar-refractivity contribution < 1.29 is 17.9 Å². The maximum Gasteiger partial charge on any atom is 0.256 e. The minimum absolute atomic E-state index is 0.00762. The van der Waals surface area contributed by atoms with Crippen LogP contribution >= 0.6 is 0 Å². The van der Waals surface area contributed by atoms with Crippen molar-refractivity contribution in [2.75, 3.05) is 25.5 Å². The molecule has 0 saturated carbocycles.